The average Bonchev–Trinajstić information content (AvgIpc) is 3.07. The number of halogens is 1. The van der Waals surface area contributed by atoms with Crippen LogP contribution in [0.4, 0.5) is 0 Å². The summed E-state index contributed by atoms with van der Waals surface area (Å²) in [6.07, 6.45) is 3.14. The van der Waals surface area contributed by atoms with Crippen molar-refractivity contribution in [2.24, 2.45) is 7.05 Å². The standard InChI is InChI=1S/C13H15ClN4O2S/c1-17-9-15-16-13(17)12-3-2-8-18(12)21(19,20)11-6-4-10(14)5-7-11/h4-7,9,12H,2-3,8H2,1H3/t12-/m1/s1. The molecule has 0 bridgehead atoms. The molecule has 0 amide bonds. The van der Waals surface area contributed by atoms with Gasteiger partial charge in [0, 0.05) is 18.6 Å². The van der Waals surface area contributed by atoms with Gasteiger partial charge in [0.1, 0.15) is 6.33 Å². The Bertz CT molecular complexity index is 742. The van der Waals surface area contributed by atoms with Crippen LogP contribution >= 0.6 is 11.6 Å². The molecule has 112 valence electrons. The zero-order chi connectivity index (χ0) is 15.0. The minimum Gasteiger partial charge on any atom is -0.319 e. The van der Waals surface area contributed by atoms with Gasteiger partial charge in [0.15, 0.2) is 5.82 Å². The van der Waals surface area contributed by atoms with E-state index in [0.717, 1.165) is 12.8 Å². The lowest BCUT2D eigenvalue weighted by molar-refractivity contribution is 0.376. The summed E-state index contributed by atoms with van der Waals surface area (Å²) in [6.45, 7) is 0.489. The van der Waals surface area contributed by atoms with Crippen molar-refractivity contribution in [2.45, 2.75) is 23.8 Å². The Morgan fingerprint density at radius 2 is 2.00 bits per heavy atom. The Balaban J connectivity index is 1.98. The van der Waals surface area contributed by atoms with E-state index < -0.39 is 10.0 Å². The lowest BCUT2D eigenvalue weighted by atomic mass is 10.2. The highest BCUT2D eigenvalue weighted by molar-refractivity contribution is 7.89. The van der Waals surface area contributed by atoms with E-state index in [1.165, 1.54) is 16.4 Å². The summed E-state index contributed by atoms with van der Waals surface area (Å²) < 4.78 is 28.8. The SMILES string of the molecule is Cn1cnnc1[C@H]1CCCN1S(=O)(=O)c1ccc(Cl)cc1. The Morgan fingerprint density at radius 1 is 1.29 bits per heavy atom. The number of aryl methyl sites for hydroxylation is 1. The third-order valence-electron chi connectivity index (χ3n) is 3.67. The van der Waals surface area contributed by atoms with Crippen LogP contribution < -0.4 is 0 Å². The van der Waals surface area contributed by atoms with Gasteiger partial charge in [-0.05, 0) is 37.1 Å². The molecule has 1 saturated heterocycles. The molecule has 6 nitrogen and oxygen atoms in total. The van der Waals surface area contributed by atoms with Crippen molar-refractivity contribution in [3.63, 3.8) is 0 Å². The molecular formula is C13H15ClN4O2S. The number of hydrogen-bond acceptors (Lipinski definition) is 4. The Morgan fingerprint density at radius 3 is 2.62 bits per heavy atom. The number of rotatable bonds is 3. The summed E-state index contributed by atoms with van der Waals surface area (Å²) in [5, 5.41) is 8.41. The van der Waals surface area contributed by atoms with Crippen molar-refractivity contribution in [3.8, 4) is 0 Å². The van der Waals surface area contributed by atoms with E-state index in [0.29, 0.717) is 17.4 Å². The van der Waals surface area contributed by atoms with E-state index in [1.54, 1.807) is 23.0 Å². The average molecular weight is 327 g/mol. The smallest absolute Gasteiger partial charge is 0.243 e. The van der Waals surface area contributed by atoms with E-state index in [4.69, 9.17) is 11.6 Å². The molecule has 1 aromatic heterocycles. The lowest BCUT2D eigenvalue weighted by Crippen LogP contribution is -2.31. The van der Waals surface area contributed by atoms with Crippen LogP contribution in [0, 0.1) is 0 Å². The fourth-order valence-electron chi connectivity index (χ4n) is 2.62. The largest absolute Gasteiger partial charge is 0.319 e. The lowest BCUT2D eigenvalue weighted by Gasteiger charge is -2.23. The Hall–Kier alpha value is -1.44. The van der Waals surface area contributed by atoms with E-state index in [9.17, 15) is 8.42 Å². The molecule has 2 heterocycles. The number of aromatic nitrogens is 3. The first-order valence-corrected chi connectivity index (χ1v) is 8.43. The van der Waals surface area contributed by atoms with Gasteiger partial charge < -0.3 is 4.57 Å². The molecule has 1 aromatic carbocycles. The topological polar surface area (TPSA) is 68.1 Å². The van der Waals surface area contributed by atoms with Gasteiger partial charge >= 0.3 is 0 Å². The molecule has 0 N–H and O–H groups in total. The number of nitrogens with zero attached hydrogens (tertiary/aromatic N) is 4. The first-order chi connectivity index (χ1) is 10.00. The summed E-state index contributed by atoms with van der Waals surface area (Å²) >= 11 is 5.82. The van der Waals surface area contributed by atoms with Crippen molar-refractivity contribution in [1.82, 2.24) is 19.1 Å². The third-order valence-corrected chi connectivity index (χ3v) is 5.84. The van der Waals surface area contributed by atoms with Crippen molar-refractivity contribution >= 4 is 21.6 Å². The second kappa shape index (κ2) is 5.40. The summed E-state index contributed by atoms with van der Waals surface area (Å²) in [5.74, 6) is 0.671. The number of hydrogen-bond donors (Lipinski definition) is 0. The molecule has 1 aliphatic rings. The van der Waals surface area contributed by atoms with Crippen LogP contribution in [0.3, 0.4) is 0 Å². The molecule has 1 fully saturated rings. The van der Waals surface area contributed by atoms with Crippen molar-refractivity contribution in [1.29, 1.82) is 0 Å². The molecule has 0 saturated carbocycles. The summed E-state index contributed by atoms with van der Waals surface area (Å²) in [4.78, 5) is 0.251. The van der Waals surface area contributed by atoms with E-state index in [-0.39, 0.29) is 10.9 Å². The van der Waals surface area contributed by atoms with Crippen LogP contribution in [0.1, 0.15) is 24.7 Å². The van der Waals surface area contributed by atoms with Crippen molar-refractivity contribution in [2.75, 3.05) is 6.54 Å². The number of benzene rings is 1. The Kier molecular flexibility index (Phi) is 3.73. The molecule has 0 radical (unpaired) electrons. The van der Waals surface area contributed by atoms with Crippen LogP contribution in [0.2, 0.25) is 5.02 Å². The molecule has 1 aliphatic heterocycles. The normalized spacial score (nSPS) is 20.0. The van der Waals surface area contributed by atoms with Gasteiger partial charge in [0.2, 0.25) is 10.0 Å². The molecule has 0 unspecified atom stereocenters. The summed E-state index contributed by atoms with van der Waals surface area (Å²) in [7, 11) is -1.73. The van der Waals surface area contributed by atoms with Gasteiger partial charge in [-0.3, -0.25) is 0 Å². The van der Waals surface area contributed by atoms with Crippen LogP contribution in [-0.2, 0) is 17.1 Å². The van der Waals surface area contributed by atoms with Crippen LogP contribution in [0.25, 0.3) is 0 Å². The van der Waals surface area contributed by atoms with Crippen LogP contribution in [0.5, 0.6) is 0 Å². The first kappa shape index (κ1) is 14.5. The number of sulfonamides is 1. The van der Waals surface area contributed by atoms with Gasteiger partial charge in [0.25, 0.3) is 0 Å². The maximum absolute atomic E-state index is 12.8. The molecule has 0 aliphatic carbocycles. The predicted molar refractivity (Wildman–Crippen MR) is 78.3 cm³/mol. The maximum atomic E-state index is 12.8. The third kappa shape index (κ3) is 2.56. The zero-order valence-corrected chi connectivity index (χ0v) is 13.0. The molecule has 1 atom stereocenters. The van der Waals surface area contributed by atoms with Gasteiger partial charge in [-0.15, -0.1) is 10.2 Å². The molecule has 2 aromatic rings. The molecule has 3 rings (SSSR count). The fraction of sp³-hybridized carbons (Fsp3) is 0.385. The van der Waals surface area contributed by atoms with Gasteiger partial charge in [-0.1, -0.05) is 11.6 Å². The highest BCUT2D eigenvalue weighted by Crippen LogP contribution is 2.35. The second-order valence-electron chi connectivity index (χ2n) is 5.03. The summed E-state index contributed by atoms with van der Waals surface area (Å²) in [6, 6.07) is 5.97. The highest BCUT2D eigenvalue weighted by atomic mass is 35.5. The van der Waals surface area contributed by atoms with E-state index >= 15 is 0 Å². The van der Waals surface area contributed by atoms with Crippen LogP contribution in [-0.4, -0.2) is 34.0 Å². The zero-order valence-electron chi connectivity index (χ0n) is 11.5. The van der Waals surface area contributed by atoms with Crippen molar-refractivity contribution in [3.05, 3.63) is 41.4 Å². The van der Waals surface area contributed by atoms with Crippen molar-refractivity contribution < 1.29 is 8.42 Å². The maximum Gasteiger partial charge on any atom is 0.243 e. The molecular weight excluding hydrogens is 312 g/mol. The van der Waals surface area contributed by atoms with E-state index in [2.05, 4.69) is 10.2 Å². The van der Waals surface area contributed by atoms with E-state index in [1.807, 2.05) is 7.05 Å². The Labute approximate surface area is 128 Å². The van der Waals surface area contributed by atoms with Crippen LogP contribution in [0.15, 0.2) is 35.5 Å². The first-order valence-electron chi connectivity index (χ1n) is 6.61. The molecule has 8 heteroatoms. The molecule has 21 heavy (non-hydrogen) atoms. The monoisotopic (exact) mass is 326 g/mol. The molecule has 0 spiro atoms. The minimum absolute atomic E-state index is 0.251. The predicted octanol–water partition coefficient (Wildman–Crippen LogP) is 1.99. The highest BCUT2D eigenvalue weighted by Gasteiger charge is 2.38. The second-order valence-corrected chi connectivity index (χ2v) is 7.35. The summed E-state index contributed by atoms with van der Waals surface area (Å²) in [5.41, 5.74) is 0. The van der Waals surface area contributed by atoms with Gasteiger partial charge in [-0.2, -0.15) is 4.31 Å². The quantitative estimate of drug-likeness (QED) is 0.865. The minimum atomic E-state index is -3.55. The fourth-order valence-corrected chi connectivity index (χ4v) is 4.40. The van der Waals surface area contributed by atoms with Gasteiger partial charge in [-0.25, -0.2) is 8.42 Å². The van der Waals surface area contributed by atoms with Gasteiger partial charge in [0.05, 0.1) is 10.9 Å².